The molecule has 0 saturated heterocycles. The lowest BCUT2D eigenvalue weighted by Gasteiger charge is -2.07. The van der Waals surface area contributed by atoms with Crippen molar-refractivity contribution >= 4 is 22.4 Å². The maximum atomic E-state index is 12.5. The monoisotopic (exact) mass is 355 g/mol. The minimum Gasteiger partial charge on any atom is -0.493 e. The number of fused-ring (bicyclic) bond motifs is 1. The third kappa shape index (κ3) is 2.66. The normalized spacial score (nSPS) is 12.0. The zero-order valence-electron chi connectivity index (χ0n) is 13.4. The lowest BCUT2D eigenvalue weighted by molar-refractivity contribution is 0.355. The van der Waals surface area contributed by atoms with Crippen LogP contribution in [-0.4, -0.2) is 28.8 Å². The number of benzene rings is 1. The molecule has 0 bridgehead atoms. The number of furan rings is 1. The summed E-state index contributed by atoms with van der Waals surface area (Å²) in [5.74, 6) is 2.16. The van der Waals surface area contributed by atoms with Crippen LogP contribution in [0.1, 0.15) is 5.56 Å². The van der Waals surface area contributed by atoms with E-state index in [2.05, 4.69) is 10.1 Å². The topological polar surface area (TPSA) is 78.9 Å². The molecule has 0 N–H and O–H groups in total. The zero-order valence-corrected chi connectivity index (χ0v) is 14.2. The Morgan fingerprint density at radius 3 is 2.72 bits per heavy atom. The van der Waals surface area contributed by atoms with Crippen LogP contribution in [0, 0.1) is 0 Å². The van der Waals surface area contributed by atoms with E-state index in [4.69, 9.17) is 13.9 Å². The molecule has 0 fully saturated rings. The van der Waals surface area contributed by atoms with E-state index in [1.165, 1.54) is 15.9 Å². The number of thiazole rings is 1. The maximum absolute atomic E-state index is 12.5. The van der Waals surface area contributed by atoms with Gasteiger partial charge in [0.05, 0.1) is 25.0 Å². The number of rotatable bonds is 4. The third-order valence-electron chi connectivity index (χ3n) is 3.63. The molecule has 25 heavy (non-hydrogen) atoms. The summed E-state index contributed by atoms with van der Waals surface area (Å²) >= 11 is 1.27. The average molecular weight is 355 g/mol. The van der Waals surface area contributed by atoms with Crippen LogP contribution in [-0.2, 0) is 0 Å². The highest BCUT2D eigenvalue weighted by Gasteiger charge is 2.13. The molecule has 8 heteroatoms. The van der Waals surface area contributed by atoms with Crippen LogP contribution in [0.3, 0.4) is 0 Å². The summed E-state index contributed by atoms with van der Waals surface area (Å²) in [6.07, 6.45) is 3.32. The van der Waals surface area contributed by atoms with Gasteiger partial charge < -0.3 is 13.9 Å². The van der Waals surface area contributed by atoms with Crippen LogP contribution < -0.4 is 19.6 Å². The number of ether oxygens (including phenoxy) is 2. The fourth-order valence-electron chi connectivity index (χ4n) is 2.44. The molecule has 0 aliphatic rings. The van der Waals surface area contributed by atoms with Crippen molar-refractivity contribution in [2.75, 3.05) is 14.2 Å². The van der Waals surface area contributed by atoms with Gasteiger partial charge in [-0.05, 0) is 35.9 Å². The summed E-state index contributed by atoms with van der Waals surface area (Å²) < 4.78 is 17.6. The fourth-order valence-corrected chi connectivity index (χ4v) is 3.35. The van der Waals surface area contributed by atoms with Crippen molar-refractivity contribution in [2.45, 2.75) is 0 Å². The second kappa shape index (κ2) is 6.06. The number of nitrogens with zero attached hydrogens (tertiary/aromatic N) is 3. The first-order valence-corrected chi connectivity index (χ1v) is 8.18. The van der Waals surface area contributed by atoms with Gasteiger partial charge in [-0.3, -0.25) is 4.79 Å². The SMILES string of the molecule is COc1ccc(C=c2sc3nc(-c4ccco4)nn3c2=O)cc1OC. The Labute approximate surface area is 145 Å². The molecule has 3 aromatic heterocycles. The van der Waals surface area contributed by atoms with E-state index in [0.29, 0.717) is 32.6 Å². The molecule has 0 atom stereocenters. The molecule has 3 heterocycles. The number of methoxy groups -OCH3 is 2. The van der Waals surface area contributed by atoms with Crippen molar-refractivity contribution in [3.63, 3.8) is 0 Å². The maximum Gasteiger partial charge on any atom is 0.291 e. The molecule has 0 spiro atoms. The predicted molar refractivity (Wildman–Crippen MR) is 93.2 cm³/mol. The van der Waals surface area contributed by atoms with E-state index in [-0.39, 0.29) is 5.56 Å². The van der Waals surface area contributed by atoms with E-state index in [9.17, 15) is 4.79 Å². The Balaban J connectivity index is 1.79. The minimum absolute atomic E-state index is 0.222. The van der Waals surface area contributed by atoms with Gasteiger partial charge in [0.25, 0.3) is 5.56 Å². The highest BCUT2D eigenvalue weighted by molar-refractivity contribution is 7.15. The van der Waals surface area contributed by atoms with Crippen molar-refractivity contribution in [3.05, 3.63) is 57.0 Å². The quantitative estimate of drug-likeness (QED) is 0.557. The Hall–Kier alpha value is -3.13. The first-order chi connectivity index (χ1) is 12.2. The summed E-state index contributed by atoms with van der Waals surface area (Å²) in [5, 5.41) is 4.22. The standard InChI is InChI=1S/C17H13N3O4S/c1-22-11-6-5-10(8-13(11)23-2)9-14-16(21)20-17(25-14)18-15(19-20)12-4-3-7-24-12/h3-9H,1-2H3. The Morgan fingerprint density at radius 1 is 1.20 bits per heavy atom. The van der Waals surface area contributed by atoms with E-state index < -0.39 is 0 Å². The van der Waals surface area contributed by atoms with Gasteiger partial charge >= 0.3 is 0 Å². The van der Waals surface area contributed by atoms with Crippen molar-refractivity contribution in [3.8, 4) is 23.1 Å². The highest BCUT2D eigenvalue weighted by Crippen LogP contribution is 2.27. The van der Waals surface area contributed by atoms with Gasteiger partial charge in [-0.15, -0.1) is 5.10 Å². The fraction of sp³-hybridized carbons (Fsp3) is 0.118. The first kappa shape index (κ1) is 15.4. The molecule has 0 unspecified atom stereocenters. The number of aromatic nitrogens is 3. The Bertz CT molecular complexity index is 1140. The first-order valence-electron chi connectivity index (χ1n) is 7.37. The zero-order chi connectivity index (χ0) is 17.4. The van der Waals surface area contributed by atoms with Gasteiger partial charge in [-0.25, -0.2) is 0 Å². The smallest absolute Gasteiger partial charge is 0.291 e. The molecule has 126 valence electrons. The van der Waals surface area contributed by atoms with Crippen LogP contribution in [0.5, 0.6) is 11.5 Å². The summed E-state index contributed by atoms with van der Waals surface area (Å²) in [7, 11) is 3.15. The molecular weight excluding hydrogens is 342 g/mol. The lowest BCUT2D eigenvalue weighted by Crippen LogP contribution is -2.23. The van der Waals surface area contributed by atoms with E-state index in [0.717, 1.165) is 5.56 Å². The molecule has 4 aromatic rings. The molecule has 0 saturated carbocycles. The molecular formula is C17H13N3O4S. The summed E-state index contributed by atoms with van der Waals surface area (Å²) in [6.45, 7) is 0. The van der Waals surface area contributed by atoms with Crippen LogP contribution in [0.15, 0.2) is 45.8 Å². The molecule has 1 aromatic carbocycles. The van der Waals surface area contributed by atoms with Gasteiger partial charge in [0, 0.05) is 0 Å². The summed E-state index contributed by atoms with van der Waals surface area (Å²) in [5.41, 5.74) is 0.602. The number of hydrogen-bond acceptors (Lipinski definition) is 7. The lowest BCUT2D eigenvalue weighted by atomic mass is 10.2. The van der Waals surface area contributed by atoms with Gasteiger partial charge in [0.15, 0.2) is 17.3 Å². The van der Waals surface area contributed by atoms with E-state index in [1.807, 2.05) is 12.1 Å². The number of hydrogen-bond donors (Lipinski definition) is 0. The highest BCUT2D eigenvalue weighted by atomic mass is 32.1. The predicted octanol–water partition coefficient (Wildman–Crippen LogP) is 1.98. The van der Waals surface area contributed by atoms with Crippen LogP contribution in [0.2, 0.25) is 0 Å². The largest absolute Gasteiger partial charge is 0.493 e. The summed E-state index contributed by atoms with van der Waals surface area (Å²) in [6, 6.07) is 8.95. The van der Waals surface area contributed by atoms with Crippen molar-refractivity contribution in [2.24, 2.45) is 0 Å². The van der Waals surface area contributed by atoms with Gasteiger partial charge in [-0.1, -0.05) is 17.4 Å². The van der Waals surface area contributed by atoms with Crippen molar-refractivity contribution in [1.29, 1.82) is 0 Å². The van der Waals surface area contributed by atoms with Crippen molar-refractivity contribution < 1.29 is 13.9 Å². The van der Waals surface area contributed by atoms with Gasteiger partial charge in [-0.2, -0.15) is 9.50 Å². The molecule has 7 nitrogen and oxygen atoms in total. The second-order valence-electron chi connectivity index (χ2n) is 5.14. The summed E-state index contributed by atoms with van der Waals surface area (Å²) in [4.78, 5) is 17.4. The molecule has 0 aliphatic heterocycles. The molecule has 0 radical (unpaired) electrons. The molecule has 0 amide bonds. The Morgan fingerprint density at radius 2 is 2.04 bits per heavy atom. The van der Waals surface area contributed by atoms with Crippen LogP contribution >= 0.6 is 11.3 Å². The van der Waals surface area contributed by atoms with Crippen LogP contribution in [0.25, 0.3) is 22.6 Å². The average Bonchev–Trinajstić information content (AvgIpc) is 3.34. The molecule has 4 rings (SSSR count). The third-order valence-corrected chi connectivity index (χ3v) is 4.59. The molecule has 0 aliphatic carbocycles. The Kier molecular flexibility index (Phi) is 3.73. The van der Waals surface area contributed by atoms with E-state index >= 15 is 0 Å². The minimum atomic E-state index is -0.222. The van der Waals surface area contributed by atoms with E-state index in [1.54, 1.807) is 44.8 Å². The van der Waals surface area contributed by atoms with Gasteiger partial charge in [0.2, 0.25) is 10.8 Å². The van der Waals surface area contributed by atoms with Crippen LogP contribution in [0.4, 0.5) is 0 Å². The van der Waals surface area contributed by atoms with Gasteiger partial charge in [0.1, 0.15) is 0 Å². The van der Waals surface area contributed by atoms with Crippen molar-refractivity contribution in [1.82, 2.24) is 14.6 Å². The second-order valence-corrected chi connectivity index (χ2v) is 6.15.